The van der Waals surface area contributed by atoms with Gasteiger partial charge in [-0.1, -0.05) is 26.2 Å². The smallest absolute Gasteiger partial charge is 0.391 e. The number of aliphatic hydroxyl groups excluding tert-OH is 1. The number of hydrogen-bond donors (Lipinski definition) is 1. The molecule has 0 rings (SSSR count). The van der Waals surface area contributed by atoms with Crippen LogP contribution in [0.5, 0.6) is 0 Å². The summed E-state index contributed by atoms with van der Waals surface area (Å²) in [6.45, 7) is 1.35. The monoisotopic (exact) mass is 198 g/mol. The minimum absolute atomic E-state index is 0.134. The fourth-order valence-electron chi connectivity index (χ4n) is 1.08. The van der Waals surface area contributed by atoms with E-state index in [-0.39, 0.29) is 13.0 Å². The second-order valence-electron chi connectivity index (χ2n) is 3.37. The summed E-state index contributed by atoms with van der Waals surface area (Å²) in [5, 5.41) is 8.42. The summed E-state index contributed by atoms with van der Waals surface area (Å²) >= 11 is 0. The molecule has 1 atom stereocenters. The molecule has 0 aromatic carbocycles. The van der Waals surface area contributed by atoms with Crippen LogP contribution in [0.15, 0.2) is 0 Å². The molecule has 13 heavy (non-hydrogen) atoms. The molecule has 0 radical (unpaired) electrons. The Balaban J connectivity index is 3.32. The molecule has 0 saturated heterocycles. The first kappa shape index (κ1) is 12.8. The van der Waals surface area contributed by atoms with Gasteiger partial charge in [0.05, 0.1) is 5.92 Å². The highest BCUT2D eigenvalue weighted by Crippen LogP contribution is 2.29. The van der Waals surface area contributed by atoms with Gasteiger partial charge in [0.2, 0.25) is 0 Å². The van der Waals surface area contributed by atoms with Crippen molar-refractivity contribution in [2.24, 2.45) is 5.92 Å². The van der Waals surface area contributed by atoms with Crippen LogP contribution in [0.4, 0.5) is 13.2 Å². The molecule has 0 aliphatic rings. The predicted octanol–water partition coefficient (Wildman–Crippen LogP) is 3.13. The molecular formula is C9H17F3O. The summed E-state index contributed by atoms with van der Waals surface area (Å²) in [4.78, 5) is 0. The summed E-state index contributed by atoms with van der Waals surface area (Å²) in [7, 11) is 0. The normalized spacial score (nSPS) is 14.5. The van der Waals surface area contributed by atoms with E-state index in [1.165, 1.54) is 6.92 Å². The molecule has 1 nitrogen and oxygen atoms in total. The Labute approximate surface area is 76.9 Å². The third-order valence-electron chi connectivity index (χ3n) is 2.10. The molecule has 0 fully saturated rings. The SMILES string of the molecule is CC(CCCCCCO)C(F)(F)F. The van der Waals surface area contributed by atoms with Gasteiger partial charge in [0.25, 0.3) is 0 Å². The van der Waals surface area contributed by atoms with Gasteiger partial charge >= 0.3 is 6.18 Å². The third kappa shape index (κ3) is 6.87. The van der Waals surface area contributed by atoms with Gasteiger partial charge in [0, 0.05) is 6.61 Å². The maximum Gasteiger partial charge on any atom is 0.391 e. The second kappa shape index (κ2) is 6.24. The first-order valence-corrected chi connectivity index (χ1v) is 4.66. The molecule has 0 amide bonds. The molecule has 0 bridgehead atoms. The molecule has 1 N–H and O–H groups in total. The van der Waals surface area contributed by atoms with E-state index < -0.39 is 12.1 Å². The van der Waals surface area contributed by atoms with Gasteiger partial charge in [0.1, 0.15) is 0 Å². The van der Waals surface area contributed by atoms with Crippen LogP contribution >= 0.6 is 0 Å². The Morgan fingerprint density at radius 1 is 1.08 bits per heavy atom. The number of rotatable bonds is 6. The van der Waals surface area contributed by atoms with Crippen LogP contribution < -0.4 is 0 Å². The Kier molecular flexibility index (Phi) is 6.12. The maximum absolute atomic E-state index is 12.0. The molecule has 1 unspecified atom stereocenters. The van der Waals surface area contributed by atoms with Gasteiger partial charge in [-0.15, -0.1) is 0 Å². The molecule has 0 aromatic rings. The summed E-state index contributed by atoms with van der Waals surface area (Å²) < 4.78 is 36.0. The zero-order valence-corrected chi connectivity index (χ0v) is 7.90. The second-order valence-corrected chi connectivity index (χ2v) is 3.37. The highest BCUT2D eigenvalue weighted by molar-refractivity contribution is 4.61. The Morgan fingerprint density at radius 3 is 2.08 bits per heavy atom. The Hall–Kier alpha value is -0.250. The lowest BCUT2D eigenvalue weighted by Gasteiger charge is -2.14. The minimum atomic E-state index is -4.04. The zero-order valence-electron chi connectivity index (χ0n) is 7.90. The average Bonchev–Trinajstić information content (AvgIpc) is 2.02. The van der Waals surface area contributed by atoms with Crippen LogP contribution in [0.3, 0.4) is 0 Å². The van der Waals surface area contributed by atoms with Crippen molar-refractivity contribution in [2.75, 3.05) is 6.61 Å². The van der Waals surface area contributed by atoms with Crippen molar-refractivity contribution in [1.29, 1.82) is 0 Å². The molecule has 0 aliphatic carbocycles. The first-order chi connectivity index (χ1) is 5.98. The molecule has 0 aromatic heterocycles. The van der Waals surface area contributed by atoms with Gasteiger partial charge in [-0.25, -0.2) is 0 Å². The van der Waals surface area contributed by atoms with Crippen molar-refractivity contribution in [3.8, 4) is 0 Å². The quantitative estimate of drug-likeness (QED) is 0.650. The lowest BCUT2D eigenvalue weighted by atomic mass is 10.0. The van der Waals surface area contributed by atoms with E-state index in [0.717, 1.165) is 12.8 Å². The number of alkyl halides is 3. The van der Waals surface area contributed by atoms with Gasteiger partial charge in [-0.05, 0) is 12.8 Å². The zero-order chi connectivity index (χ0) is 10.3. The summed E-state index contributed by atoms with van der Waals surface area (Å²) in [5.74, 6) is -1.19. The van der Waals surface area contributed by atoms with Crippen molar-refractivity contribution in [2.45, 2.75) is 45.2 Å². The summed E-state index contributed by atoms with van der Waals surface area (Å²) in [6.07, 6.45) is -0.949. The lowest BCUT2D eigenvalue weighted by molar-refractivity contribution is -0.171. The van der Waals surface area contributed by atoms with Crippen molar-refractivity contribution < 1.29 is 18.3 Å². The summed E-state index contributed by atoms with van der Waals surface area (Å²) in [5.41, 5.74) is 0. The van der Waals surface area contributed by atoms with E-state index in [1.54, 1.807) is 0 Å². The predicted molar refractivity (Wildman–Crippen MR) is 45.4 cm³/mol. The van der Waals surface area contributed by atoms with Crippen molar-refractivity contribution in [3.05, 3.63) is 0 Å². The highest BCUT2D eigenvalue weighted by atomic mass is 19.4. The lowest BCUT2D eigenvalue weighted by Crippen LogP contribution is -2.19. The fraction of sp³-hybridized carbons (Fsp3) is 1.00. The van der Waals surface area contributed by atoms with Gasteiger partial charge in [-0.2, -0.15) is 13.2 Å². The molecule has 0 saturated carbocycles. The van der Waals surface area contributed by atoms with Crippen LogP contribution in [0.2, 0.25) is 0 Å². The number of aliphatic hydroxyl groups is 1. The Morgan fingerprint density at radius 2 is 1.62 bits per heavy atom. The van der Waals surface area contributed by atoms with E-state index in [9.17, 15) is 13.2 Å². The Bertz CT molecular complexity index is 123. The van der Waals surface area contributed by atoms with Crippen molar-refractivity contribution in [1.82, 2.24) is 0 Å². The molecule has 0 aliphatic heterocycles. The summed E-state index contributed by atoms with van der Waals surface area (Å²) in [6, 6.07) is 0. The minimum Gasteiger partial charge on any atom is -0.396 e. The highest BCUT2D eigenvalue weighted by Gasteiger charge is 2.34. The number of halogens is 3. The first-order valence-electron chi connectivity index (χ1n) is 4.66. The molecule has 4 heteroatoms. The molecule has 0 heterocycles. The van der Waals surface area contributed by atoms with Crippen molar-refractivity contribution >= 4 is 0 Å². The average molecular weight is 198 g/mol. The molecular weight excluding hydrogens is 181 g/mol. The van der Waals surface area contributed by atoms with Crippen LogP contribution in [-0.2, 0) is 0 Å². The van der Waals surface area contributed by atoms with E-state index in [0.29, 0.717) is 12.8 Å². The number of unbranched alkanes of at least 4 members (excludes halogenated alkanes) is 3. The topological polar surface area (TPSA) is 20.2 Å². The van der Waals surface area contributed by atoms with Gasteiger partial charge in [0.15, 0.2) is 0 Å². The fourth-order valence-corrected chi connectivity index (χ4v) is 1.08. The van der Waals surface area contributed by atoms with E-state index >= 15 is 0 Å². The largest absolute Gasteiger partial charge is 0.396 e. The number of hydrogen-bond acceptors (Lipinski definition) is 1. The van der Waals surface area contributed by atoms with Gasteiger partial charge in [-0.3, -0.25) is 0 Å². The van der Waals surface area contributed by atoms with Crippen LogP contribution in [0.25, 0.3) is 0 Å². The van der Waals surface area contributed by atoms with Crippen molar-refractivity contribution in [3.63, 3.8) is 0 Å². The van der Waals surface area contributed by atoms with Crippen LogP contribution in [0, 0.1) is 5.92 Å². The standard InChI is InChI=1S/C9H17F3O/c1-8(9(10,11)12)6-4-2-3-5-7-13/h8,13H,2-7H2,1H3. The molecule has 0 spiro atoms. The van der Waals surface area contributed by atoms with E-state index in [4.69, 9.17) is 5.11 Å². The van der Waals surface area contributed by atoms with E-state index in [2.05, 4.69) is 0 Å². The van der Waals surface area contributed by atoms with Crippen LogP contribution in [0.1, 0.15) is 39.0 Å². The third-order valence-corrected chi connectivity index (χ3v) is 2.10. The van der Waals surface area contributed by atoms with E-state index in [1.807, 2.05) is 0 Å². The van der Waals surface area contributed by atoms with Gasteiger partial charge < -0.3 is 5.11 Å². The molecule has 80 valence electrons. The van der Waals surface area contributed by atoms with Crippen LogP contribution in [-0.4, -0.2) is 17.9 Å². The maximum atomic E-state index is 12.0.